The zero-order chi connectivity index (χ0) is 20.7. The molecule has 0 spiro atoms. The molecule has 0 amide bonds. The maximum atomic E-state index is 11.9. The number of nitrogens with one attached hydrogen (secondary N) is 1. The quantitative estimate of drug-likeness (QED) is 0.102. The first-order chi connectivity index (χ1) is 12.3. The van der Waals surface area contributed by atoms with Gasteiger partial charge in [0.2, 0.25) is 0 Å². The second-order valence-corrected chi connectivity index (χ2v) is 6.49. The van der Waals surface area contributed by atoms with Crippen molar-refractivity contribution in [2.75, 3.05) is 0 Å². The molecule has 7 N–H and O–H groups in total. The lowest BCUT2D eigenvalue weighted by atomic mass is 10.1. The Hall–Kier alpha value is -2.23. The number of aliphatic hydroxyl groups is 3. The number of phosphoric ester groups is 1. The van der Waals surface area contributed by atoms with E-state index in [0.717, 1.165) is 0 Å². The molecular formula is C11H13N2O13P. The summed E-state index contributed by atoms with van der Waals surface area (Å²) in [6.07, 6.45) is -9.81. The van der Waals surface area contributed by atoms with E-state index in [0.29, 0.717) is 10.8 Å². The summed E-state index contributed by atoms with van der Waals surface area (Å²) in [5.41, 5.74) is -3.61. The van der Waals surface area contributed by atoms with E-state index in [9.17, 15) is 39.1 Å². The standard InChI is InChI=1S/C11H13N2O13P/c14-3(9(18)19)2-1-13(11(21)12-7(2)17)8-5(16)4(15)6(25-8)10(20)26-27(22,23)24/h1,4-6,8,10,15-16,20H,(H,18,19)(H,12,17,21)(H2,22,23,24)/t4-,5+,6-,8+,10?/m0/s1. The maximum Gasteiger partial charge on any atom is 0.472 e. The van der Waals surface area contributed by atoms with Crippen LogP contribution in [-0.4, -0.2) is 76.1 Å². The van der Waals surface area contributed by atoms with Crippen LogP contribution in [0.5, 0.6) is 0 Å². The molecule has 5 atom stereocenters. The molecule has 1 aromatic rings. The van der Waals surface area contributed by atoms with Crippen molar-refractivity contribution < 1.29 is 53.6 Å². The minimum Gasteiger partial charge on any atom is -0.475 e. The van der Waals surface area contributed by atoms with Crippen LogP contribution in [0.25, 0.3) is 0 Å². The maximum absolute atomic E-state index is 11.9. The van der Waals surface area contributed by atoms with Crippen molar-refractivity contribution in [2.24, 2.45) is 0 Å². The van der Waals surface area contributed by atoms with Crippen molar-refractivity contribution in [2.45, 2.75) is 30.8 Å². The Labute approximate surface area is 147 Å². The number of carboxylic acids is 1. The third kappa shape index (κ3) is 4.37. The number of hydrogen-bond donors (Lipinski definition) is 7. The van der Waals surface area contributed by atoms with Crippen LogP contribution >= 0.6 is 7.82 Å². The number of ether oxygens (including phenoxy) is 1. The summed E-state index contributed by atoms with van der Waals surface area (Å²) in [5.74, 6) is -3.69. The fourth-order valence-electron chi connectivity index (χ4n) is 2.30. The van der Waals surface area contributed by atoms with Crippen LogP contribution in [0.2, 0.25) is 0 Å². The molecule has 27 heavy (non-hydrogen) atoms. The number of carbonyl (C=O) groups excluding carboxylic acids is 1. The van der Waals surface area contributed by atoms with Crippen molar-refractivity contribution in [3.8, 4) is 0 Å². The van der Waals surface area contributed by atoms with Gasteiger partial charge in [0.1, 0.15) is 23.9 Å². The van der Waals surface area contributed by atoms with Gasteiger partial charge in [-0.2, -0.15) is 0 Å². The summed E-state index contributed by atoms with van der Waals surface area (Å²) in [6.45, 7) is 0. The van der Waals surface area contributed by atoms with Crippen LogP contribution in [0.3, 0.4) is 0 Å². The highest BCUT2D eigenvalue weighted by molar-refractivity contribution is 7.46. The minimum atomic E-state index is -5.21. The first kappa shape index (κ1) is 21.1. The Kier molecular flexibility index (Phi) is 5.79. The van der Waals surface area contributed by atoms with E-state index in [2.05, 4.69) is 4.52 Å². The topological polar surface area (TPSA) is 246 Å². The Morgan fingerprint density at radius 3 is 2.37 bits per heavy atom. The monoisotopic (exact) mass is 412 g/mol. The van der Waals surface area contributed by atoms with Gasteiger partial charge >= 0.3 is 19.5 Å². The van der Waals surface area contributed by atoms with E-state index in [1.807, 2.05) is 0 Å². The number of Topliss-reactive ketones (excluding diaryl/α,β-unsaturated/α-hetero) is 1. The number of H-pyrrole nitrogens is 1. The van der Waals surface area contributed by atoms with Crippen molar-refractivity contribution >= 4 is 19.6 Å². The van der Waals surface area contributed by atoms with E-state index in [1.165, 1.54) is 0 Å². The Morgan fingerprint density at radius 2 is 1.85 bits per heavy atom. The summed E-state index contributed by atoms with van der Waals surface area (Å²) in [7, 11) is -5.21. The highest BCUT2D eigenvalue weighted by atomic mass is 31.2. The van der Waals surface area contributed by atoms with Gasteiger partial charge in [-0.15, -0.1) is 0 Å². The molecule has 0 bridgehead atoms. The van der Waals surface area contributed by atoms with Crippen LogP contribution < -0.4 is 11.2 Å². The second kappa shape index (κ2) is 7.41. The summed E-state index contributed by atoms with van der Waals surface area (Å²) in [5, 5.41) is 38.1. The normalized spacial score (nSPS) is 26.7. The highest BCUT2D eigenvalue weighted by Crippen LogP contribution is 2.40. The van der Waals surface area contributed by atoms with E-state index in [4.69, 9.17) is 19.6 Å². The number of carbonyl (C=O) groups is 2. The number of carboxylic acid groups (broad SMARTS) is 1. The second-order valence-electron chi connectivity index (χ2n) is 5.30. The summed E-state index contributed by atoms with van der Waals surface area (Å²) >= 11 is 0. The molecule has 2 rings (SSSR count). The lowest BCUT2D eigenvalue weighted by Gasteiger charge is -2.21. The van der Waals surface area contributed by atoms with Crippen LogP contribution in [0, 0.1) is 0 Å². The molecule has 1 unspecified atom stereocenters. The number of nitrogens with zero attached hydrogens (tertiary/aromatic N) is 1. The van der Waals surface area contributed by atoms with Gasteiger partial charge in [-0.25, -0.2) is 14.2 Å². The summed E-state index contributed by atoms with van der Waals surface area (Å²) in [4.78, 5) is 64.6. The van der Waals surface area contributed by atoms with Gasteiger partial charge in [0.05, 0.1) is 0 Å². The van der Waals surface area contributed by atoms with Gasteiger partial charge in [-0.3, -0.25) is 23.7 Å². The third-order valence-electron chi connectivity index (χ3n) is 3.48. The van der Waals surface area contributed by atoms with E-state index in [1.54, 1.807) is 4.98 Å². The molecule has 0 radical (unpaired) electrons. The fraction of sp³-hybridized carbons (Fsp3) is 0.455. The lowest BCUT2D eigenvalue weighted by Crippen LogP contribution is -2.41. The predicted octanol–water partition coefficient (Wildman–Crippen LogP) is -4.15. The van der Waals surface area contributed by atoms with E-state index in [-0.39, 0.29) is 0 Å². The summed E-state index contributed by atoms with van der Waals surface area (Å²) < 4.78 is 20.0. The van der Waals surface area contributed by atoms with Gasteiger partial charge in [0.25, 0.3) is 11.3 Å². The molecule has 16 heteroatoms. The average Bonchev–Trinajstić information content (AvgIpc) is 2.81. The van der Waals surface area contributed by atoms with Gasteiger partial charge in [0, 0.05) is 6.20 Å². The first-order valence-electron chi connectivity index (χ1n) is 6.90. The number of aliphatic carboxylic acids is 1. The van der Waals surface area contributed by atoms with Crippen molar-refractivity contribution in [1.29, 1.82) is 0 Å². The minimum absolute atomic E-state index is 0.357. The molecule has 2 heterocycles. The van der Waals surface area contributed by atoms with Crippen molar-refractivity contribution in [3.63, 3.8) is 0 Å². The number of ketones is 1. The molecule has 1 saturated heterocycles. The van der Waals surface area contributed by atoms with Crippen molar-refractivity contribution in [3.05, 3.63) is 32.6 Å². The lowest BCUT2D eigenvalue weighted by molar-refractivity contribution is -0.161. The smallest absolute Gasteiger partial charge is 0.472 e. The average molecular weight is 412 g/mol. The number of aromatic nitrogens is 2. The fourth-order valence-corrected chi connectivity index (χ4v) is 2.70. The Morgan fingerprint density at radius 1 is 1.26 bits per heavy atom. The zero-order valence-electron chi connectivity index (χ0n) is 12.9. The summed E-state index contributed by atoms with van der Waals surface area (Å²) in [6, 6.07) is 0. The molecule has 1 aliphatic heterocycles. The molecular weight excluding hydrogens is 399 g/mol. The number of hydrogen-bond acceptors (Lipinski definition) is 10. The Balaban J connectivity index is 2.41. The van der Waals surface area contributed by atoms with Crippen LogP contribution in [0.1, 0.15) is 16.6 Å². The van der Waals surface area contributed by atoms with E-state index >= 15 is 0 Å². The van der Waals surface area contributed by atoms with E-state index < -0.39 is 67.2 Å². The largest absolute Gasteiger partial charge is 0.475 e. The van der Waals surface area contributed by atoms with Gasteiger partial charge in [-0.1, -0.05) is 0 Å². The molecule has 15 nitrogen and oxygen atoms in total. The number of phosphoric acid groups is 1. The molecule has 0 saturated carbocycles. The molecule has 1 fully saturated rings. The van der Waals surface area contributed by atoms with Crippen LogP contribution in [-0.2, 0) is 18.6 Å². The third-order valence-corrected chi connectivity index (χ3v) is 3.97. The SMILES string of the molecule is O=C(O)C(=O)c1cn([C@@H]2O[C@H](C(O)OP(=O)(O)O)[C@@H](O)[C@H]2O)c(=O)[nH]c1=O. The van der Waals surface area contributed by atoms with Crippen LogP contribution in [0.4, 0.5) is 0 Å². The number of aromatic amines is 1. The van der Waals surface area contributed by atoms with Gasteiger partial charge in [-0.05, 0) is 0 Å². The van der Waals surface area contributed by atoms with Gasteiger partial charge < -0.3 is 34.9 Å². The Bertz CT molecular complexity index is 916. The molecule has 0 aromatic carbocycles. The predicted molar refractivity (Wildman–Crippen MR) is 78.3 cm³/mol. The van der Waals surface area contributed by atoms with Gasteiger partial charge in [0.15, 0.2) is 12.5 Å². The molecule has 1 aromatic heterocycles. The van der Waals surface area contributed by atoms with Crippen molar-refractivity contribution in [1.82, 2.24) is 9.55 Å². The number of aliphatic hydroxyl groups excluding tert-OH is 3. The van der Waals surface area contributed by atoms with Crippen LogP contribution in [0.15, 0.2) is 15.8 Å². The number of rotatable bonds is 6. The first-order valence-corrected chi connectivity index (χ1v) is 8.43. The highest BCUT2D eigenvalue weighted by Gasteiger charge is 2.49. The molecule has 150 valence electrons. The molecule has 0 aliphatic carbocycles. The molecule has 1 aliphatic rings. The zero-order valence-corrected chi connectivity index (χ0v) is 13.8.